The van der Waals surface area contributed by atoms with E-state index < -0.39 is 11.7 Å². The highest BCUT2D eigenvalue weighted by Gasteiger charge is 2.30. The standard InChI is InChI=1S/C23H22F3N3O2/c24-23(25,26)18-7-4-15(5-8-18)14-31-19-3-1-2-16-6-9-20(28-21(16)19)29-12-10-17(11-13-29)22(27)30/h1-9,17H,10-14H2,(H2,27,30). The number of piperidine rings is 1. The molecule has 0 atom stereocenters. The van der Waals surface area contributed by atoms with Gasteiger partial charge in [-0.25, -0.2) is 4.98 Å². The predicted octanol–water partition coefficient (Wildman–Crippen LogP) is 4.53. The minimum atomic E-state index is -4.36. The van der Waals surface area contributed by atoms with Crippen LogP contribution in [0.5, 0.6) is 5.75 Å². The lowest BCUT2D eigenvalue weighted by molar-refractivity contribution is -0.137. The first-order chi connectivity index (χ1) is 14.8. The van der Waals surface area contributed by atoms with Crippen molar-refractivity contribution in [2.75, 3.05) is 18.0 Å². The number of hydrogen-bond donors (Lipinski definition) is 1. The largest absolute Gasteiger partial charge is 0.487 e. The third-order valence-electron chi connectivity index (χ3n) is 5.57. The summed E-state index contributed by atoms with van der Waals surface area (Å²) in [7, 11) is 0. The van der Waals surface area contributed by atoms with Gasteiger partial charge in [0.1, 0.15) is 23.7 Å². The molecule has 0 spiro atoms. The van der Waals surface area contributed by atoms with E-state index in [1.54, 1.807) is 6.07 Å². The number of alkyl halides is 3. The van der Waals surface area contributed by atoms with Crippen molar-refractivity contribution in [2.24, 2.45) is 11.7 Å². The van der Waals surface area contributed by atoms with E-state index in [1.165, 1.54) is 12.1 Å². The van der Waals surface area contributed by atoms with Gasteiger partial charge >= 0.3 is 6.18 Å². The monoisotopic (exact) mass is 429 g/mol. The summed E-state index contributed by atoms with van der Waals surface area (Å²) in [6.45, 7) is 1.52. The lowest BCUT2D eigenvalue weighted by Crippen LogP contribution is -2.38. The second-order valence-electron chi connectivity index (χ2n) is 7.64. The summed E-state index contributed by atoms with van der Waals surface area (Å²) >= 11 is 0. The molecule has 1 saturated heterocycles. The van der Waals surface area contributed by atoms with Crippen molar-refractivity contribution >= 4 is 22.6 Å². The molecule has 1 amide bonds. The van der Waals surface area contributed by atoms with Crippen molar-refractivity contribution in [1.29, 1.82) is 0 Å². The molecule has 162 valence electrons. The minimum Gasteiger partial charge on any atom is -0.487 e. The third-order valence-corrected chi connectivity index (χ3v) is 5.57. The highest BCUT2D eigenvalue weighted by molar-refractivity contribution is 5.86. The van der Waals surface area contributed by atoms with Gasteiger partial charge in [0.25, 0.3) is 0 Å². The minimum absolute atomic E-state index is 0.0978. The number of nitrogens with zero attached hydrogens (tertiary/aromatic N) is 2. The Kier molecular flexibility index (Phi) is 5.71. The van der Waals surface area contributed by atoms with Gasteiger partial charge in [0.15, 0.2) is 0 Å². The zero-order valence-corrected chi connectivity index (χ0v) is 16.7. The van der Waals surface area contributed by atoms with Crippen LogP contribution in [0.2, 0.25) is 0 Å². The van der Waals surface area contributed by atoms with E-state index in [0.29, 0.717) is 42.8 Å². The van der Waals surface area contributed by atoms with E-state index in [4.69, 9.17) is 15.5 Å². The van der Waals surface area contributed by atoms with E-state index in [9.17, 15) is 18.0 Å². The van der Waals surface area contributed by atoms with Gasteiger partial charge in [-0.2, -0.15) is 13.2 Å². The van der Waals surface area contributed by atoms with Gasteiger partial charge in [-0.05, 0) is 48.7 Å². The fourth-order valence-electron chi connectivity index (χ4n) is 3.75. The maximum atomic E-state index is 12.7. The van der Waals surface area contributed by atoms with Crippen LogP contribution in [0.4, 0.5) is 19.0 Å². The highest BCUT2D eigenvalue weighted by atomic mass is 19.4. The molecule has 0 radical (unpaired) electrons. The molecule has 1 aromatic heterocycles. The van der Waals surface area contributed by atoms with Gasteiger partial charge in [-0.1, -0.05) is 24.3 Å². The molecule has 1 aliphatic rings. The van der Waals surface area contributed by atoms with Gasteiger partial charge in [0.2, 0.25) is 5.91 Å². The molecule has 2 heterocycles. The number of anilines is 1. The van der Waals surface area contributed by atoms with Crippen LogP contribution in [0.3, 0.4) is 0 Å². The number of carbonyl (C=O) groups is 1. The summed E-state index contributed by atoms with van der Waals surface area (Å²) in [6, 6.07) is 14.4. The molecule has 31 heavy (non-hydrogen) atoms. The van der Waals surface area contributed by atoms with E-state index in [0.717, 1.165) is 23.3 Å². The van der Waals surface area contributed by atoms with E-state index in [2.05, 4.69) is 4.90 Å². The first kappa shape index (κ1) is 21.0. The zero-order valence-electron chi connectivity index (χ0n) is 16.7. The van der Waals surface area contributed by atoms with Crippen molar-refractivity contribution in [1.82, 2.24) is 4.98 Å². The lowest BCUT2D eigenvalue weighted by Gasteiger charge is -2.31. The van der Waals surface area contributed by atoms with Gasteiger partial charge in [-0.15, -0.1) is 0 Å². The molecule has 3 aromatic rings. The molecule has 0 saturated carbocycles. The van der Waals surface area contributed by atoms with Crippen LogP contribution in [0.25, 0.3) is 10.9 Å². The SMILES string of the molecule is NC(=O)C1CCN(c2ccc3cccc(OCc4ccc(C(F)(F)F)cc4)c3n2)CC1. The Labute approximate surface area is 177 Å². The summed E-state index contributed by atoms with van der Waals surface area (Å²) in [5.41, 5.74) is 6.04. The summed E-state index contributed by atoms with van der Waals surface area (Å²) in [4.78, 5) is 18.3. The zero-order chi connectivity index (χ0) is 22.0. The number of nitrogens with two attached hydrogens (primary N) is 1. The number of halogens is 3. The fraction of sp³-hybridized carbons (Fsp3) is 0.304. The van der Waals surface area contributed by atoms with Gasteiger partial charge in [0, 0.05) is 24.4 Å². The topological polar surface area (TPSA) is 68.5 Å². The average molecular weight is 429 g/mol. The molecule has 0 aliphatic carbocycles. The maximum absolute atomic E-state index is 12.7. The van der Waals surface area contributed by atoms with Gasteiger partial charge < -0.3 is 15.4 Å². The number of benzene rings is 2. The molecule has 8 heteroatoms. The predicted molar refractivity (Wildman–Crippen MR) is 112 cm³/mol. The number of amides is 1. The summed E-state index contributed by atoms with van der Waals surface area (Å²) < 4.78 is 44.1. The molecule has 5 nitrogen and oxygen atoms in total. The van der Waals surface area contributed by atoms with Crippen molar-refractivity contribution in [3.8, 4) is 5.75 Å². The van der Waals surface area contributed by atoms with Crippen LogP contribution in [0.1, 0.15) is 24.0 Å². The second-order valence-corrected chi connectivity index (χ2v) is 7.64. The first-order valence-corrected chi connectivity index (χ1v) is 10.0. The van der Waals surface area contributed by atoms with Crippen molar-refractivity contribution in [2.45, 2.75) is 25.6 Å². The van der Waals surface area contributed by atoms with Gasteiger partial charge in [-0.3, -0.25) is 4.79 Å². The summed E-state index contributed by atoms with van der Waals surface area (Å²) in [5, 5.41) is 0.903. The number of hydrogen-bond acceptors (Lipinski definition) is 4. The molecule has 4 rings (SSSR count). The van der Waals surface area contributed by atoms with E-state index in [-0.39, 0.29) is 18.4 Å². The van der Waals surface area contributed by atoms with Gasteiger partial charge in [0.05, 0.1) is 5.56 Å². The van der Waals surface area contributed by atoms with Crippen LogP contribution in [0.15, 0.2) is 54.6 Å². The number of carbonyl (C=O) groups excluding carboxylic acids is 1. The number of fused-ring (bicyclic) bond motifs is 1. The Bertz CT molecular complexity index is 1080. The van der Waals surface area contributed by atoms with Crippen molar-refractivity contribution in [3.05, 3.63) is 65.7 Å². The molecule has 2 aromatic carbocycles. The Morgan fingerprint density at radius 2 is 1.77 bits per heavy atom. The number of para-hydroxylation sites is 1. The molecule has 1 aliphatic heterocycles. The van der Waals surface area contributed by atoms with Crippen LogP contribution in [-0.2, 0) is 17.6 Å². The first-order valence-electron chi connectivity index (χ1n) is 10.0. The molecule has 1 fully saturated rings. The number of ether oxygens (including phenoxy) is 1. The van der Waals surface area contributed by atoms with E-state index in [1.807, 2.05) is 24.3 Å². The molecular weight excluding hydrogens is 407 g/mol. The highest BCUT2D eigenvalue weighted by Crippen LogP contribution is 2.31. The van der Waals surface area contributed by atoms with Crippen LogP contribution in [-0.4, -0.2) is 24.0 Å². The quantitative estimate of drug-likeness (QED) is 0.647. The van der Waals surface area contributed by atoms with E-state index >= 15 is 0 Å². The maximum Gasteiger partial charge on any atom is 0.416 e. The number of rotatable bonds is 5. The Balaban J connectivity index is 1.50. The number of pyridine rings is 1. The molecule has 0 unspecified atom stereocenters. The van der Waals surface area contributed by atoms with Crippen LogP contribution in [0, 0.1) is 5.92 Å². The number of aromatic nitrogens is 1. The molecule has 2 N–H and O–H groups in total. The Morgan fingerprint density at radius 3 is 2.42 bits per heavy atom. The molecule has 0 bridgehead atoms. The van der Waals surface area contributed by atoms with Crippen molar-refractivity contribution in [3.63, 3.8) is 0 Å². The van der Waals surface area contributed by atoms with Crippen LogP contribution >= 0.6 is 0 Å². The normalized spacial score (nSPS) is 15.3. The second kappa shape index (κ2) is 8.45. The number of primary amides is 1. The average Bonchev–Trinajstić information content (AvgIpc) is 2.77. The fourth-order valence-corrected chi connectivity index (χ4v) is 3.75. The Hall–Kier alpha value is -3.29. The molecular formula is C23H22F3N3O2. The van der Waals surface area contributed by atoms with Crippen molar-refractivity contribution < 1.29 is 22.7 Å². The Morgan fingerprint density at radius 1 is 1.06 bits per heavy atom. The summed E-state index contributed by atoms with van der Waals surface area (Å²) in [5.74, 6) is 0.997. The smallest absolute Gasteiger partial charge is 0.416 e. The summed E-state index contributed by atoms with van der Waals surface area (Å²) in [6.07, 6.45) is -2.97. The van der Waals surface area contributed by atoms with Crippen LogP contribution < -0.4 is 15.4 Å². The third kappa shape index (κ3) is 4.73. The lowest BCUT2D eigenvalue weighted by atomic mass is 9.96.